The molecule has 1 amide bonds. The first-order chi connectivity index (χ1) is 7.08. The minimum atomic E-state index is -0.619. The molecule has 0 saturated heterocycles. The molecule has 1 rings (SSSR count). The van der Waals surface area contributed by atoms with Crippen molar-refractivity contribution >= 4 is 11.6 Å². The lowest BCUT2D eigenvalue weighted by molar-refractivity contribution is -0.385. The highest BCUT2D eigenvalue weighted by atomic mass is 16.6. The molecule has 0 aromatic carbocycles. The lowest BCUT2D eigenvalue weighted by atomic mass is 10.5. The van der Waals surface area contributed by atoms with Gasteiger partial charge >= 0.3 is 11.6 Å². The van der Waals surface area contributed by atoms with Crippen molar-refractivity contribution in [2.24, 2.45) is 0 Å². The van der Waals surface area contributed by atoms with Crippen molar-refractivity contribution in [1.29, 1.82) is 0 Å². The van der Waals surface area contributed by atoms with Gasteiger partial charge in [0, 0.05) is 7.05 Å². The summed E-state index contributed by atoms with van der Waals surface area (Å²) in [4.78, 5) is 20.9. The number of aromatic nitrogens is 2. The molecule has 0 bridgehead atoms. The summed E-state index contributed by atoms with van der Waals surface area (Å²) >= 11 is 0. The van der Waals surface area contributed by atoms with Crippen LogP contribution in [-0.2, 0) is 11.3 Å². The number of methoxy groups -OCH3 is 1. The number of nitro groups is 1. The van der Waals surface area contributed by atoms with Gasteiger partial charge in [0.2, 0.25) is 5.91 Å². The van der Waals surface area contributed by atoms with Crippen LogP contribution in [0.3, 0.4) is 0 Å². The molecule has 1 aromatic heterocycles. The summed E-state index contributed by atoms with van der Waals surface area (Å²) in [7, 11) is 2.75. The highest BCUT2D eigenvalue weighted by Crippen LogP contribution is 2.23. The van der Waals surface area contributed by atoms with Gasteiger partial charge in [0.25, 0.3) is 0 Å². The Balaban J connectivity index is 2.92. The van der Waals surface area contributed by atoms with Gasteiger partial charge in [-0.25, -0.2) is 0 Å². The van der Waals surface area contributed by atoms with Gasteiger partial charge in [0.1, 0.15) is 12.7 Å². The van der Waals surface area contributed by atoms with Gasteiger partial charge in [-0.15, -0.1) is 5.10 Å². The Bertz CT molecular complexity index is 386. The second-order valence-corrected chi connectivity index (χ2v) is 2.65. The quantitative estimate of drug-likeness (QED) is 0.540. The summed E-state index contributed by atoms with van der Waals surface area (Å²) in [6.45, 7) is -0.0826. The van der Waals surface area contributed by atoms with E-state index in [-0.39, 0.29) is 24.0 Å². The maximum Gasteiger partial charge on any atom is 0.350 e. The van der Waals surface area contributed by atoms with Gasteiger partial charge in [-0.3, -0.25) is 19.6 Å². The number of carbonyl (C=O) groups is 1. The van der Waals surface area contributed by atoms with Gasteiger partial charge in [0.05, 0.1) is 12.0 Å². The van der Waals surface area contributed by atoms with E-state index in [1.54, 1.807) is 0 Å². The van der Waals surface area contributed by atoms with Crippen molar-refractivity contribution < 1.29 is 14.5 Å². The third-order valence-corrected chi connectivity index (χ3v) is 1.68. The van der Waals surface area contributed by atoms with Gasteiger partial charge in [-0.1, -0.05) is 0 Å². The van der Waals surface area contributed by atoms with Crippen LogP contribution in [-0.4, -0.2) is 34.8 Å². The Labute approximate surface area is 85.0 Å². The molecular formula is C7H10N4O4. The third-order valence-electron chi connectivity index (χ3n) is 1.68. The smallest absolute Gasteiger partial charge is 0.350 e. The monoisotopic (exact) mass is 214 g/mol. The van der Waals surface area contributed by atoms with E-state index in [2.05, 4.69) is 10.4 Å². The standard InChI is InChI=1S/C7H10N4O4/c1-8-6(12)4-10-3-5(11(13)14)7(9-10)15-2/h3H,4H2,1-2H3,(H,8,12). The van der Waals surface area contributed by atoms with Crippen LogP contribution in [0.15, 0.2) is 6.20 Å². The molecular weight excluding hydrogens is 204 g/mol. The van der Waals surface area contributed by atoms with Crippen molar-refractivity contribution in [2.75, 3.05) is 14.2 Å². The number of likely N-dealkylation sites (N-methyl/N-ethyl adjacent to an activating group) is 1. The molecule has 0 aliphatic heterocycles. The first kappa shape index (κ1) is 11.0. The number of nitrogens with zero attached hydrogens (tertiary/aromatic N) is 3. The zero-order valence-electron chi connectivity index (χ0n) is 8.26. The number of ether oxygens (including phenoxy) is 1. The average molecular weight is 214 g/mol. The Kier molecular flexibility index (Phi) is 3.21. The Morgan fingerprint density at radius 1 is 1.80 bits per heavy atom. The minimum absolute atomic E-state index is 0.0826. The molecule has 0 spiro atoms. The topological polar surface area (TPSA) is 99.3 Å². The summed E-state index contributed by atoms with van der Waals surface area (Å²) in [5, 5.41) is 16.6. The molecule has 1 aromatic rings. The summed E-state index contributed by atoms with van der Waals surface area (Å²) < 4.78 is 5.85. The molecule has 0 fully saturated rings. The molecule has 0 radical (unpaired) electrons. The van der Waals surface area contributed by atoms with E-state index in [0.29, 0.717) is 0 Å². The molecule has 0 aliphatic carbocycles. The number of rotatable bonds is 4. The third kappa shape index (κ3) is 2.42. The van der Waals surface area contributed by atoms with Crippen LogP contribution < -0.4 is 10.1 Å². The van der Waals surface area contributed by atoms with Crippen molar-refractivity contribution in [3.05, 3.63) is 16.3 Å². The molecule has 0 atom stereocenters. The molecule has 8 heteroatoms. The maximum absolute atomic E-state index is 11.0. The summed E-state index contributed by atoms with van der Waals surface area (Å²) in [6, 6.07) is 0. The largest absolute Gasteiger partial charge is 0.475 e. The number of nitrogens with one attached hydrogen (secondary N) is 1. The molecule has 8 nitrogen and oxygen atoms in total. The van der Waals surface area contributed by atoms with Crippen LogP contribution in [0.25, 0.3) is 0 Å². The van der Waals surface area contributed by atoms with E-state index in [9.17, 15) is 14.9 Å². The van der Waals surface area contributed by atoms with Crippen molar-refractivity contribution in [3.63, 3.8) is 0 Å². The van der Waals surface area contributed by atoms with E-state index in [0.717, 1.165) is 10.9 Å². The highest BCUT2D eigenvalue weighted by molar-refractivity contribution is 5.75. The molecule has 15 heavy (non-hydrogen) atoms. The van der Waals surface area contributed by atoms with Crippen LogP contribution in [0, 0.1) is 10.1 Å². The average Bonchev–Trinajstić information content (AvgIpc) is 2.60. The lowest BCUT2D eigenvalue weighted by Gasteiger charge is -1.97. The molecule has 1 N–H and O–H groups in total. The van der Waals surface area contributed by atoms with E-state index < -0.39 is 4.92 Å². The molecule has 0 unspecified atom stereocenters. The predicted octanol–water partition coefficient (Wildman–Crippen LogP) is -0.454. The Morgan fingerprint density at radius 2 is 2.47 bits per heavy atom. The van der Waals surface area contributed by atoms with Crippen LogP contribution in [0.5, 0.6) is 5.88 Å². The van der Waals surface area contributed by atoms with E-state index in [1.807, 2.05) is 0 Å². The first-order valence-electron chi connectivity index (χ1n) is 4.05. The molecule has 0 aliphatic rings. The predicted molar refractivity (Wildman–Crippen MR) is 49.5 cm³/mol. The Morgan fingerprint density at radius 3 is 2.87 bits per heavy atom. The SMILES string of the molecule is CNC(=O)Cn1cc([N+](=O)[O-])c(OC)n1. The fourth-order valence-corrected chi connectivity index (χ4v) is 0.971. The van der Waals surface area contributed by atoms with E-state index in [1.165, 1.54) is 14.2 Å². The second kappa shape index (κ2) is 4.40. The van der Waals surface area contributed by atoms with Crippen molar-refractivity contribution in [1.82, 2.24) is 15.1 Å². The van der Waals surface area contributed by atoms with Crippen molar-refractivity contribution in [3.8, 4) is 5.88 Å². The zero-order chi connectivity index (χ0) is 11.4. The maximum atomic E-state index is 11.0. The fourth-order valence-electron chi connectivity index (χ4n) is 0.971. The number of hydrogen-bond acceptors (Lipinski definition) is 5. The number of hydrogen-bond donors (Lipinski definition) is 1. The van der Waals surface area contributed by atoms with Gasteiger partial charge in [-0.05, 0) is 0 Å². The highest BCUT2D eigenvalue weighted by Gasteiger charge is 2.20. The summed E-state index contributed by atoms with van der Waals surface area (Å²) in [6.07, 6.45) is 1.15. The molecule has 0 saturated carbocycles. The van der Waals surface area contributed by atoms with E-state index in [4.69, 9.17) is 4.74 Å². The normalized spacial score (nSPS) is 9.73. The number of carbonyl (C=O) groups excluding carboxylic acids is 1. The van der Waals surface area contributed by atoms with Gasteiger partial charge in [-0.2, -0.15) is 0 Å². The second-order valence-electron chi connectivity index (χ2n) is 2.65. The first-order valence-corrected chi connectivity index (χ1v) is 4.05. The molecule has 1 heterocycles. The van der Waals surface area contributed by atoms with E-state index >= 15 is 0 Å². The van der Waals surface area contributed by atoms with Gasteiger partial charge < -0.3 is 10.1 Å². The zero-order valence-corrected chi connectivity index (χ0v) is 8.26. The fraction of sp³-hybridized carbons (Fsp3) is 0.429. The molecule has 82 valence electrons. The van der Waals surface area contributed by atoms with Crippen LogP contribution >= 0.6 is 0 Å². The van der Waals surface area contributed by atoms with Crippen molar-refractivity contribution in [2.45, 2.75) is 6.54 Å². The van der Waals surface area contributed by atoms with Crippen LogP contribution in [0.4, 0.5) is 5.69 Å². The minimum Gasteiger partial charge on any atom is -0.475 e. The lowest BCUT2D eigenvalue weighted by Crippen LogP contribution is -2.23. The Hall–Kier alpha value is -2.12. The van der Waals surface area contributed by atoms with Crippen LogP contribution in [0.2, 0.25) is 0 Å². The number of amides is 1. The summed E-state index contributed by atoms with van der Waals surface area (Å²) in [5.74, 6) is -0.404. The van der Waals surface area contributed by atoms with Crippen LogP contribution in [0.1, 0.15) is 0 Å². The summed E-state index contributed by atoms with van der Waals surface area (Å²) in [5.41, 5.74) is -0.263. The van der Waals surface area contributed by atoms with Gasteiger partial charge in [0.15, 0.2) is 0 Å².